The Hall–Kier alpha value is -0.840. The predicted molar refractivity (Wildman–Crippen MR) is 76.1 cm³/mol. The Kier molecular flexibility index (Phi) is 3.41. The van der Waals surface area contributed by atoms with Crippen molar-refractivity contribution in [2.45, 2.75) is 25.4 Å². The molecule has 0 spiro atoms. The summed E-state index contributed by atoms with van der Waals surface area (Å²) in [5, 5.41) is 8.48. The Morgan fingerprint density at radius 2 is 2.28 bits per heavy atom. The van der Waals surface area contributed by atoms with E-state index in [1.807, 2.05) is 18.3 Å². The van der Waals surface area contributed by atoms with Gasteiger partial charge in [0.25, 0.3) is 0 Å². The van der Waals surface area contributed by atoms with E-state index in [9.17, 15) is 0 Å². The molecule has 1 N–H and O–H groups in total. The van der Waals surface area contributed by atoms with Gasteiger partial charge in [0.2, 0.25) is 0 Å². The molecule has 1 aromatic carbocycles. The summed E-state index contributed by atoms with van der Waals surface area (Å²) in [7, 11) is 0. The fourth-order valence-corrected chi connectivity index (χ4v) is 2.33. The van der Waals surface area contributed by atoms with Gasteiger partial charge in [-0.05, 0) is 46.5 Å². The molecule has 0 amide bonds. The van der Waals surface area contributed by atoms with E-state index in [0.29, 0.717) is 6.04 Å². The summed E-state index contributed by atoms with van der Waals surface area (Å²) in [6, 6.07) is 6.74. The van der Waals surface area contributed by atoms with Crippen molar-refractivity contribution < 1.29 is 0 Å². The molecule has 1 aromatic heterocycles. The number of hydrogen-bond acceptors (Lipinski definition) is 2. The second-order valence-electron chi connectivity index (χ2n) is 4.53. The maximum Gasteiger partial charge on any atom is 0.0661 e. The largest absolute Gasteiger partial charge is 0.310 e. The van der Waals surface area contributed by atoms with Gasteiger partial charge in [-0.25, -0.2) is 4.68 Å². The molecule has 0 unspecified atom stereocenters. The standard InChI is InChI=1S/C13H13BrClN3/c14-10-7-17-18(8-10)12-4-1-9(13(15)5-12)6-16-11-2-3-11/h1,4-5,7-8,11,16H,2-3,6H2. The van der Waals surface area contributed by atoms with Crippen molar-refractivity contribution in [2.75, 3.05) is 0 Å². The van der Waals surface area contributed by atoms with Crippen molar-refractivity contribution in [1.82, 2.24) is 15.1 Å². The fourth-order valence-electron chi connectivity index (χ4n) is 1.81. The number of rotatable bonds is 4. The van der Waals surface area contributed by atoms with Gasteiger partial charge in [-0.3, -0.25) is 0 Å². The molecule has 0 bridgehead atoms. The van der Waals surface area contributed by atoms with Crippen LogP contribution in [-0.2, 0) is 6.54 Å². The van der Waals surface area contributed by atoms with E-state index in [2.05, 4.69) is 32.4 Å². The topological polar surface area (TPSA) is 29.9 Å². The summed E-state index contributed by atoms with van der Waals surface area (Å²) < 4.78 is 2.76. The van der Waals surface area contributed by atoms with E-state index in [1.54, 1.807) is 10.9 Å². The van der Waals surface area contributed by atoms with Crippen molar-refractivity contribution >= 4 is 27.5 Å². The van der Waals surface area contributed by atoms with Gasteiger partial charge in [-0.1, -0.05) is 17.7 Å². The monoisotopic (exact) mass is 325 g/mol. The lowest BCUT2D eigenvalue weighted by Gasteiger charge is -2.08. The smallest absolute Gasteiger partial charge is 0.0661 e. The van der Waals surface area contributed by atoms with Crippen LogP contribution in [0.4, 0.5) is 0 Å². The molecule has 5 heteroatoms. The highest BCUT2D eigenvalue weighted by Gasteiger charge is 2.20. The van der Waals surface area contributed by atoms with Gasteiger partial charge in [0.05, 0.1) is 16.4 Å². The van der Waals surface area contributed by atoms with E-state index < -0.39 is 0 Å². The van der Waals surface area contributed by atoms with E-state index in [4.69, 9.17) is 11.6 Å². The zero-order chi connectivity index (χ0) is 12.5. The van der Waals surface area contributed by atoms with Gasteiger partial charge in [-0.2, -0.15) is 5.10 Å². The zero-order valence-electron chi connectivity index (χ0n) is 9.74. The van der Waals surface area contributed by atoms with Crippen LogP contribution < -0.4 is 5.32 Å². The molecule has 0 aliphatic heterocycles. The summed E-state index contributed by atoms with van der Waals surface area (Å²) in [5.41, 5.74) is 2.11. The van der Waals surface area contributed by atoms with E-state index in [0.717, 1.165) is 27.3 Å². The van der Waals surface area contributed by atoms with Crippen LogP contribution in [0.2, 0.25) is 5.02 Å². The van der Waals surface area contributed by atoms with Crippen LogP contribution in [0.15, 0.2) is 35.1 Å². The highest BCUT2D eigenvalue weighted by Crippen LogP contribution is 2.23. The Bertz CT molecular complexity index is 563. The van der Waals surface area contributed by atoms with Crippen molar-refractivity contribution in [3.8, 4) is 5.69 Å². The van der Waals surface area contributed by atoms with Gasteiger partial charge >= 0.3 is 0 Å². The minimum Gasteiger partial charge on any atom is -0.310 e. The molecule has 0 radical (unpaired) electrons. The lowest BCUT2D eigenvalue weighted by Crippen LogP contribution is -2.15. The number of hydrogen-bond donors (Lipinski definition) is 1. The third kappa shape index (κ3) is 2.76. The highest BCUT2D eigenvalue weighted by molar-refractivity contribution is 9.10. The molecule has 1 heterocycles. The zero-order valence-corrected chi connectivity index (χ0v) is 12.1. The summed E-state index contributed by atoms with van der Waals surface area (Å²) in [5.74, 6) is 0. The average Bonchev–Trinajstić information content (AvgIpc) is 3.08. The molecule has 1 fully saturated rings. The molecule has 1 aliphatic carbocycles. The number of nitrogens with zero attached hydrogens (tertiary/aromatic N) is 2. The lowest BCUT2D eigenvalue weighted by molar-refractivity contribution is 0.687. The van der Waals surface area contributed by atoms with Crippen LogP contribution in [0.5, 0.6) is 0 Å². The molecule has 18 heavy (non-hydrogen) atoms. The number of nitrogens with one attached hydrogen (secondary N) is 1. The number of halogens is 2. The highest BCUT2D eigenvalue weighted by atomic mass is 79.9. The van der Waals surface area contributed by atoms with Crippen molar-refractivity contribution in [1.29, 1.82) is 0 Å². The first-order valence-electron chi connectivity index (χ1n) is 5.95. The lowest BCUT2D eigenvalue weighted by atomic mass is 10.2. The summed E-state index contributed by atoms with van der Waals surface area (Å²) in [6.45, 7) is 0.840. The fraction of sp³-hybridized carbons (Fsp3) is 0.308. The molecule has 0 atom stereocenters. The molecule has 3 rings (SSSR count). The summed E-state index contributed by atoms with van der Waals surface area (Å²) in [4.78, 5) is 0. The average molecular weight is 327 g/mol. The van der Waals surface area contributed by atoms with Crippen LogP contribution in [0.25, 0.3) is 5.69 Å². The maximum absolute atomic E-state index is 6.30. The van der Waals surface area contributed by atoms with E-state index in [1.165, 1.54) is 12.8 Å². The SMILES string of the molecule is Clc1cc(-n2cc(Br)cn2)ccc1CNC1CC1. The number of aromatic nitrogens is 2. The van der Waals surface area contributed by atoms with Crippen LogP contribution in [0, 0.1) is 0 Å². The maximum atomic E-state index is 6.30. The van der Waals surface area contributed by atoms with Gasteiger partial charge in [-0.15, -0.1) is 0 Å². The third-order valence-corrected chi connectivity index (χ3v) is 3.77. The Morgan fingerprint density at radius 1 is 1.44 bits per heavy atom. The molecule has 0 saturated heterocycles. The second kappa shape index (κ2) is 5.03. The first-order chi connectivity index (χ1) is 8.72. The second-order valence-corrected chi connectivity index (χ2v) is 5.86. The minimum absolute atomic E-state index is 0.697. The number of benzene rings is 1. The molecule has 1 saturated carbocycles. The molecular formula is C13H13BrClN3. The van der Waals surface area contributed by atoms with Crippen LogP contribution in [-0.4, -0.2) is 15.8 Å². The van der Waals surface area contributed by atoms with Crippen LogP contribution in [0.1, 0.15) is 18.4 Å². The summed E-state index contributed by atoms with van der Waals surface area (Å²) in [6.07, 6.45) is 6.25. The van der Waals surface area contributed by atoms with Gasteiger partial charge < -0.3 is 5.32 Å². The molecule has 3 nitrogen and oxygen atoms in total. The van der Waals surface area contributed by atoms with E-state index >= 15 is 0 Å². The first-order valence-corrected chi connectivity index (χ1v) is 7.12. The summed E-state index contributed by atoms with van der Waals surface area (Å²) >= 11 is 9.68. The van der Waals surface area contributed by atoms with Gasteiger partial charge in [0, 0.05) is 23.8 Å². The Labute approximate surface area is 119 Å². The van der Waals surface area contributed by atoms with Crippen molar-refractivity contribution in [2.24, 2.45) is 0 Å². The molecule has 2 aromatic rings. The molecule has 94 valence electrons. The van der Waals surface area contributed by atoms with Gasteiger partial charge in [0.15, 0.2) is 0 Å². The van der Waals surface area contributed by atoms with E-state index in [-0.39, 0.29) is 0 Å². The van der Waals surface area contributed by atoms with Crippen LogP contribution in [0.3, 0.4) is 0 Å². The Morgan fingerprint density at radius 3 is 2.89 bits per heavy atom. The normalized spacial score (nSPS) is 15.0. The van der Waals surface area contributed by atoms with Crippen molar-refractivity contribution in [3.05, 3.63) is 45.7 Å². The van der Waals surface area contributed by atoms with Crippen molar-refractivity contribution in [3.63, 3.8) is 0 Å². The quantitative estimate of drug-likeness (QED) is 0.931. The third-order valence-electron chi connectivity index (χ3n) is 3.01. The van der Waals surface area contributed by atoms with Gasteiger partial charge in [0.1, 0.15) is 0 Å². The molecular weight excluding hydrogens is 314 g/mol. The molecule has 1 aliphatic rings. The first kappa shape index (κ1) is 12.2. The Balaban J connectivity index is 1.79. The van der Waals surface area contributed by atoms with Crippen LogP contribution >= 0.6 is 27.5 Å². The minimum atomic E-state index is 0.697. The predicted octanol–water partition coefficient (Wildman–Crippen LogP) is 3.54.